The molecule has 2 rings (SSSR count). The van der Waals surface area contributed by atoms with Gasteiger partial charge >= 0.3 is 6.03 Å². The van der Waals surface area contributed by atoms with Gasteiger partial charge in [-0.15, -0.1) is 0 Å². The molecule has 1 heterocycles. The van der Waals surface area contributed by atoms with Crippen LogP contribution in [0.25, 0.3) is 0 Å². The first-order chi connectivity index (χ1) is 8.98. The molecule has 1 aliphatic carbocycles. The summed E-state index contributed by atoms with van der Waals surface area (Å²) < 4.78 is 22.7. The van der Waals surface area contributed by atoms with Crippen LogP contribution in [0, 0.1) is 0 Å². The molecule has 2 aliphatic rings. The highest BCUT2D eigenvalue weighted by Gasteiger charge is 2.30. The Hall–Kier alpha value is -0.780. The number of carbonyl (C=O) groups is 1. The minimum absolute atomic E-state index is 0.0945. The van der Waals surface area contributed by atoms with Gasteiger partial charge in [-0.3, -0.25) is 0 Å². The van der Waals surface area contributed by atoms with Crippen molar-refractivity contribution in [2.75, 3.05) is 18.6 Å². The van der Waals surface area contributed by atoms with Gasteiger partial charge in [0.2, 0.25) is 0 Å². The summed E-state index contributed by atoms with van der Waals surface area (Å²) in [6, 6.07) is -0.0137. The van der Waals surface area contributed by atoms with Gasteiger partial charge in [0.25, 0.3) is 0 Å². The van der Waals surface area contributed by atoms with E-state index in [4.69, 9.17) is 0 Å². The molecule has 0 aromatic rings. The van der Waals surface area contributed by atoms with Gasteiger partial charge in [-0.1, -0.05) is 25.7 Å². The number of rotatable bonds is 2. The first kappa shape index (κ1) is 14.6. The van der Waals surface area contributed by atoms with Crippen molar-refractivity contribution in [1.29, 1.82) is 0 Å². The molecule has 1 saturated carbocycles. The van der Waals surface area contributed by atoms with Crippen LogP contribution < -0.4 is 5.32 Å². The second-order valence-electron chi connectivity index (χ2n) is 5.81. The van der Waals surface area contributed by atoms with Crippen LogP contribution in [0.4, 0.5) is 4.79 Å². The zero-order chi connectivity index (χ0) is 13.9. The van der Waals surface area contributed by atoms with E-state index < -0.39 is 9.84 Å². The van der Waals surface area contributed by atoms with Crippen LogP contribution in [0.1, 0.15) is 44.9 Å². The molecule has 5 nitrogen and oxygen atoms in total. The fourth-order valence-electron chi connectivity index (χ4n) is 3.00. The number of carbonyl (C=O) groups excluding carboxylic acids is 1. The standard InChI is InChI=1S/C13H24N2O3S/c1-15(12-6-4-2-3-5-7-12)13(16)14-11-8-9-19(17,18)10-11/h11-12H,2-10H2,1H3,(H,14,16). The second-order valence-corrected chi connectivity index (χ2v) is 8.03. The Bertz CT molecular complexity index is 414. The van der Waals surface area contributed by atoms with Crippen molar-refractivity contribution in [3.63, 3.8) is 0 Å². The van der Waals surface area contributed by atoms with E-state index in [0.29, 0.717) is 12.5 Å². The maximum absolute atomic E-state index is 12.1. The summed E-state index contributed by atoms with van der Waals surface area (Å²) >= 11 is 0. The molecular weight excluding hydrogens is 264 g/mol. The number of urea groups is 1. The normalized spacial score (nSPS) is 27.7. The van der Waals surface area contributed by atoms with E-state index in [1.54, 1.807) is 4.90 Å². The van der Waals surface area contributed by atoms with Crippen LogP contribution in [0.2, 0.25) is 0 Å². The number of amides is 2. The van der Waals surface area contributed by atoms with E-state index in [1.807, 2.05) is 7.05 Å². The number of nitrogens with zero attached hydrogens (tertiary/aromatic N) is 1. The smallest absolute Gasteiger partial charge is 0.317 e. The molecule has 0 bridgehead atoms. The largest absolute Gasteiger partial charge is 0.334 e. The third kappa shape index (κ3) is 4.09. The summed E-state index contributed by atoms with van der Waals surface area (Å²) in [6.45, 7) is 0. The van der Waals surface area contributed by atoms with Gasteiger partial charge in [-0.05, 0) is 19.3 Å². The van der Waals surface area contributed by atoms with Crippen LogP contribution in [0.5, 0.6) is 0 Å². The van der Waals surface area contributed by atoms with Crippen molar-refractivity contribution in [3.8, 4) is 0 Å². The maximum Gasteiger partial charge on any atom is 0.317 e. The fourth-order valence-corrected chi connectivity index (χ4v) is 4.67. The molecule has 2 fully saturated rings. The predicted octanol–water partition coefficient (Wildman–Crippen LogP) is 1.54. The molecule has 110 valence electrons. The lowest BCUT2D eigenvalue weighted by atomic mass is 10.1. The zero-order valence-electron chi connectivity index (χ0n) is 11.6. The molecule has 19 heavy (non-hydrogen) atoms. The van der Waals surface area contributed by atoms with Gasteiger partial charge in [-0.2, -0.15) is 0 Å². The molecule has 0 aromatic carbocycles. The van der Waals surface area contributed by atoms with E-state index in [1.165, 1.54) is 25.7 Å². The summed E-state index contributed by atoms with van der Waals surface area (Å²) in [5.41, 5.74) is 0. The molecule has 6 heteroatoms. The molecule has 1 unspecified atom stereocenters. The Morgan fingerprint density at radius 2 is 1.74 bits per heavy atom. The maximum atomic E-state index is 12.1. The van der Waals surface area contributed by atoms with Gasteiger partial charge in [0.15, 0.2) is 9.84 Å². The quantitative estimate of drug-likeness (QED) is 0.784. The Kier molecular flexibility index (Phi) is 4.71. The molecule has 0 radical (unpaired) electrons. The van der Waals surface area contributed by atoms with Gasteiger partial charge in [0.1, 0.15) is 0 Å². The minimum atomic E-state index is -2.93. The summed E-state index contributed by atoms with van der Waals surface area (Å²) in [7, 11) is -1.10. The Balaban J connectivity index is 1.85. The number of hydrogen-bond donors (Lipinski definition) is 1. The molecular formula is C13H24N2O3S. The summed E-state index contributed by atoms with van der Waals surface area (Å²) in [5.74, 6) is 0.294. The van der Waals surface area contributed by atoms with Crippen molar-refractivity contribution < 1.29 is 13.2 Å². The van der Waals surface area contributed by atoms with Crippen molar-refractivity contribution in [2.24, 2.45) is 0 Å². The van der Waals surface area contributed by atoms with Gasteiger partial charge in [-0.25, -0.2) is 13.2 Å². The summed E-state index contributed by atoms with van der Waals surface area (Å²) in [6.07, 6.45) is 7.55. The first-order valence-corrected chi connectivity index (χ1v) is 9.04. The minimum Gasteiger partial charge on any atom is -0.334 e. The average molecular weight is 288 g/mol. The van der Waals surface area contributed by atoms with Gasteiger partial charge in [0.05, 0.1) is 11.5 Å². The van der Waals surface area contributed by atoms with Crippen molar-refractivity contribution in [2.45, 2.75) is 57.0 Å². The molecule has 1 atom stereocenters. The van der Waals surface area contributed by atoms with E-state index >= 15 is 0 Å². The first-order valence-electron chi connectivity index (χ1n) is 7.22. The predicted molar refractivity (Wildman–Crippen MR) is 74.8 cm³/mol. The Morgan fingerprint density at radius 1 is 1.11 bits per heavy atom. The number of sulfone groups is 1. The highest BCUT2D eigenvalue weighted by molar-refractivity contribution is 7.91. The van der Waals surface area contributed by atoms with E-state index in [9.17, 15) is 13.2 Å². The second kappa shape index (κ2) is 6.11. The van der Waals surface area contributed by atoms with Gasteiger partial charge in [0, 0.05) is 19.1 Å². The molecule has 1 saturated heterocycles. The lowest BCUT2D eigenvalue weighted by molar-refractivity contribution is 0.181. The lowest BCUT2D eigenvalue weighted by Crippen LogP contribution is -2.47. The van der Waals surface area contributed by atoms with Crippen molar-refractivity contribution in [1.82, 2.24) is 10.2 Å². The van der Waals surface area contributed by atoms with Crippen LogP contribution in [0.15, 0.2) is 0 Å². The molecule has 1 N–H and O–H groups in total. The number of nitrogens with one attached hydrogen (secondary N) is 1. The van der Waals surface area contributed by atoms with E-state index in [-0.39, 0.29) is 23.6 Å². The monoisotopic (exact) mass is 288 g/mol. The third-order valence-electron chi connectivity index (χ3n) is 4.25. The van der Waals surface area contributed by atoms with Crippen LogP contribution in [0.3, 0.4) is 0 Å². The van der Waals surface area contributed by atoms with Crippen LogP contribution >= 0.6 is 0 Å². The van der Waals surface area contributed by atoms with Gasteiger partial charge < -0.3 is 10.2 Å². The lowest BCUT2D eigenvalue weighted by Gasteiger charge is -2.28. The number of hydrogen-bond acceptors (Lipinski definition) is 3. The molecule has 0 spiro atoms. The topological polar surface area (TPSA) is 66.5 Å². The SMILES string of the molecule is CN(C(=O)NC1CCS(=O)(=O)C1)C1CCCCCC1. The Labute approximate surface area is 115 Å². The Morgan fingerprint density at radius 3 is 2.26 bits per heavy atom. The van der Waals surface area contributed by atoms with E-state index in [2.05, 4.69) is 5.32 Å². The third-order valence-corrected chi connectivity index (χ3v) is 6.02. The fraction of sp³-hybridized carbons (Fsp3) is 0.923. The summed E-state index contributed by atoms with van der Waals surface area (Å²) in [5, 5.41) is 2.86. The average Bonchev–Trinajstić information content (AvgIpc) is 2.59. The molecule has 0 aromatic heterocycles. The van der Waals surface area contributed by atoms with Crippen molar-refractivity contribution in [3.05, 3.63) is 0 Å². The van der Waals surface area contributed by atoms with Crippen LogP contribution in [-0.4, -0.2) is 50.0 Å². The molecule has 2 amide bonds. The van der Waals surface area contributed by atoms with Crippen molar-refractivity contribution >= 4 is 15.9 Å². The summed E-state index contributed by atoms with van der Waals surface area (Å²) in [4.78, 5) is 13.9. The van der Waals surface area contributed by atoms with E-state index in [0.717, 1.165) is 12.8 Å². The highest BCUT2D eigenvalue weighted by atomic mass is 32.2. The molecule has 1 aliphatic heterocycles. The highest BCUT2D eigenvalue weighted by Crippen LogP contribution is 2.21. The van der Waals surface area contributed by atoms with Crippen LogP contribution in [-0.2, 0) is 9.84 Å². The zero-order valence-corrected chi connectivity index (χ0v) is 12.4.